The van der Waals surface area contributed by atoms with Crippen molar-refractivity contribution < 1.29 is 14.3 Å². The first-order valence-corrected chi connectivity index (χ1v) is 9.74. The molecule has 1 N–H and O–H groups in total. The molecule has 0 aliphatic heterocycles. The molecule has 4 heteroatoms. The fourth-order valence-electron chi connectivity index (χ4n) is 2.98. The maximum Gasteiger partial charge on any atom is 0.255 e. The van der Waals surface area contributed by atoms with Gasteiger partial charge in [-0.2, -0.15) is 0 Å². The SMILES string of the molecule is COc1ccc(C(=O)Nc2ccc(C(C)C)cc2)cc1COc1ccc(C)cc1. The first-order chi connectivity index (χ1) is 14.0. The van der Waals surface area contributed by atoms with Crippen LogP contribution >= 0.6 is 0 Å². The standard InChI is InChI=1S/C25H27NO3/c1-17(2)19-7-10-22(11-8-19)26-25(27)20-9-14-24(28-4)21(15-20)16-29-23-12-5-18(3)6-13-23/h5-15,17H,16H2,1-4H3,(H,26,27). The average molecular weight is 389 g/mol. The van der Waals surface area contributed by atoms with Gasteiger partial charge in [0.05, 0.1) is 7.11 Å². The molecule has 0 unspecified atom stereocenters. The van der Waals surface area contributed by atoms with Gasteiger partial charge in [0.15, 0.2) is 0 Å². The van der Waals surface area contributed by atoms with Crippen molar-refractivity contribution in [3.63, 3.8) is 0 Å². The van der Waals surface area contributed by atoms with Crippen molar-refractivity contribution in [1.29, 1.82) is 0 Å². The normalized spacial score (nSPS) is 10.7. The van der Waals surface area contributed by atoms with E-state index in [1.54, 1.807) is 19.2 Å². The maximum absolute atomic E-state index is 12.7. The first-order valence-electron chi connectivity index (χ1n) is 9.74. The minimum atomic E-state index is -0.165. The van der Waals surface area contributed by atoms with Gasteiger partial charge in [0, 0.05) is 16.8 Å². The Hall–Kier alpha value is -3.27. The molecule has 3 aromatic carbocycles. The second-order valence-corrected chi connectivity index (χ2v) is 7.36. The Morgan fingerprint density at radius 1 is 0.966 bits per heavy atom. The van der Waals surface area contributed by atoms with Gasteiger partial charge >= 0.3 is 0 Å². The summed E-state index contributed by atoms with van der Waals surface area (Å²) in [5, 5.41) is 2.95. The molecule has 0 saturated carbocycles. The second kappa shape index (κ2) is 9.28. The molecular formula is C25H27NO3. The van der Waals surface area contributed by atoms with Gasteiger partial charge in [0.1, 0.15) is 18.1 Å². The highest BCUT2D eigenvalue weighted by Gasteiger charge is 2.12. The third kappa shape index (κ3) is 5.38. The van der Waals surface area contributed by atoms with E-state index in [0.717, 1.165) is 17.0 Å². The number of nitrogens with one attached hydrogen (secondary N) is 1. The van der Waals surface area contributed by atoms with Crippen molar-refractivity contribution in [2.75, 3.05) is 12.4 Å². The van der Waals surface area contributed by atoms with E-state index in [2.05, 4.69) is 19.2 Å². The van der Waals surface area contributed by atoms with Gasteiger partial charge in [0.25, 0.3) is 5.91 Å². The van der Waals surface area contributed by atoms with E-state index in [9.17, 15) is 4.79 Å². The van der Waals surface area contributed by atoms with Crippen molar-refractivity contribution in [3.05, 3.63) is 89.0 Å². The van der Waals surface area contributed by atoms with Crippen molar-refractivity contribution in [2.24, 2.45) is 0 Å². The summed E-state index contributed by atoms with van der Waals surface area (Å²) in [7, 11) is 1.61. The zero-order chi connectivity index (χ0) is 20.8. The first kappa shape index (κ1) is 20.5. The number of ether oxygens (including phenoxy) is 2. The lowest BCUT2D eigenvalue weighted by Gasteiger charge is -2.13. The van der Waals surface area contributed by atoms with Crippen molar-refractivity contribution in [2.45, 2.75) is 33.3 Å². The summed E-state index contributed by atoms with van der Waals surface area (Å²) in [6.45, 7) is 6.64. The molecule has 29 heavy (non-hydrogen) atoms. The predicted octanol–water partition coefficient (Wildman–Crippen LogP) is 5.96. The Morgan fingerprint density at radius 3 is 2.28 bits per heavy atom. The molecule has 3 aromatic rings. The Morgan fingerprint density at radius 2 is 1.66 bits per heavy atom. The summed E-state index contributed by atoms with van der Waals surface area (Å²) < 4.78 is 11.3. The molecule has 0 atom stereocenters. The van der Waals surface area contributed by atoms with E-state index in [-0.39, 0.29) is 5.91 Å². The molecular weight excluding hydrogens is 362 g/mol. The molecule has 0 aromatic heterocycles. The van der Waals surface area contributed by atoms with Crippen LogP contribution in [0.3, 0.4) is 0 Å². The van der Waals surface area contributed by atoms with Crippen LogP contribution in [0.2, 0.25) is 0 Å². The van der Waals surface area contributed by atoms with Gasteiger partial charge in [-0.15, -0.1) is 0 Å². The highest BCUT2D eigenvalue weighted by atomic mass is 16.5. The minimum Gasteiger partial charge on any atom is -0.496 e. The van der Waals surface area contributed by atoms with Crippen LogP contribution in [0.1, 0.15) is 46.8 Å². The number of anilines is 1. The third-order valence-electron chi connectivity index (χ3n) is 4.79. The Labute approximate surface area is 172 Å². The smallest absolute Gasteiger partial charge is 0.255 e. The molecule has 150 valence electrons. The highest BCUT2D eigenvalue weighted by molar-refractivity contribution is 6.04. The van der Waals surface area contributed by atoms with Crippen LogP contribution in [0.25, 0.3) is 0 Å². The van der Waals surface area contributed by atoms with E-state index in [0.29, 0.717) is 23.8 Å². The van der Waals surface area contributed by atoms with Crippen LogP contribution in [-0.2, 0) is 6.61 Å². The summed E-state index contributed by atoms with van der Waals surface area (Å²) in [6, 6.07) is 21.2. The molecule has 0 aliphatic rings. The van der Waals surface area contributed by atoms with Gasteiger partial charge in [-0.05, 0) is 60.9 Å². The summed E-state index contributed by atoms with van der Waals surface area (Å²) >= 11 is 0. The molecule has 0 spiro atoms. The van der Waals surface area contributed by atoms with Crippen molar-refractivity contribution in [3.8, 4) is 11.5 Å². The van der Waals surface area contributed by atoms with Crippen LogP contribution < -0.4 is 14.8 Å². The number of benzene rings is 3. The van der Waals surface area contributed by atoms with Crippen LogP contribution in [0.4, 0.5) is 5.69 Å². The van der Waals surface area contributed by atoms with Gasteiger partial charge in [0.2, 0.25) is 0 Å². The number of carbonyl (C=O) groups excluding carboxylic acids is 1. The van der Waals surface area contributed by atoms with E-state index in [4.69, 9.17) is 9.47 Å². The summed E-state index contributed by atoms with van der Waals surface area (Å²) in [5.41, 5.74) is 4.56. The Balaban J connectivity index is 1.72. The fourth-order valence-corrected chi connectivity index (χ4v) is 2.98. The molecule has 4 nitrogen and oxygen atoms in total. The predicted molar refractivity (Wildman–Crippen MR) is 117 cm³/mol. The van der Waals surface area contributed by atoms with E-state index < -0.39 is 0 Å². The molecule has 3 rings (SSSR count). The van der Waals surface area contributed by atoms with Gasteiger partial charge in [-0.25, -0.2) is 0 Å². The number of methoxy groups -OCH3 is 1. The van der Waals surface area contributed by atoms with Crippen molar-refractivity contribution >= 4 is 11.6 Å². The lowest BCUT2D eigenvalue weighted by molar-refractivity contribution is 0.102. The van der Waals surface area contributed by atoms with E-state index >= 15 is 0 Å². The van der Waals surface area contributed by atoms with Crippen LogP contribution in [-0.4, -0.2) is 13.0 Å². The summed E-state index contributed by atoms with van der Waals surface area (Å²) in [5.74, 6) is 1.76. The fraction of sp³-hybridized carbons (Fsp3) is 0.240. The number of amides is 1. The zero-order valence-electron chi connectivity index (χ0n) is 17.4. The summed E-state index contributed by atoms with van der Waals surface area (Å²) in [6.07, 6.45) is 0. The topological polar surface area (TPSA) is 47.6 Å². The Bertz CT molecular complexity index is 960. The monoisotopic (exact) mass is 389 g/mol. The lowest BCUT2D eigenvalue weighted by Crippen LogP contribution is -2.13. The molecule has 0 heterocycles. The van der Waals surface area contributed by atoms with Crippen LogP contribution in [0.5, 0.6) is 11.5 Å². The number of aryl methyl sites for hydroxylation is 1. The molecule has 0 radical (unpaired) electrons. The lowest BCUT2D eigenvalue weighted by atomic mass is 10.0. The van der Waals surface area contributed by atoms with Gasteiger partial charge in [-0.1, -0.05) is 43.7 Å². The van der Waals surface area contributed by atoms with Crippen molar-refractivity contribution in [1.82, 2.24) is 0 Å². The van der Waals surface area contributed by atoms with Crippen LogP contribution in [0, 0.1) is 6.92 Å². The molecule has 1 amide bonds. The number of hydrogen-bond acceptors (Lipinski definition) is 3. The second-order valence-electron chi connectivity index (χ2n) is 7.36. The molecule has 0 saturated heterocycles. The number of rotatable bonds is 7. The largest absolute Gasteiger partial charge is 0.496 e. The number of carbonyl (C=O) groups is 1. The van der Waals surface area contributed by atoms with E-state index in [1.807, 2.05) is 61.5 Å². The van der Waals surface area contributed by atoms with Crippen LogP contribution in [0.15, 0.2) is 66.7 Å². The maximum atomic E-state index is 12.7. The molecule has 0 bridgehead atoms. The molecule has 0 fully saturated rings. The quantitative estimate of drug-likeness (QED) is 0.542. The average Bonchev–Trinajstić information content (AvgIpc) is 2.73. The van der Waals surface area contributed by atoms with E-state index in [1.165, 1.54) is 11.1 Å². The third-order valence-corrected chi connectivity index (χ3v) is 4.79. The van der Waals surface area contributed by atoms with Gasteiger partial charge in [-0.3, -0.25) is 4.79 Å². The molecule has 0 aliphatic carbocycles. The summed E-state index contributed by atoms with van der Waals surface area (Å²) in [4.78, 5) is 12.7. The Kier molecular flexibility index (Phi) is 6.55. The zero-order valence-corrected chi connectivity index (χ0v) is 17.4. The minimum absolute atomic E-state index is 0.165. The number of hydrogen-bond donors (Lipinski definition) is 1. The van der Waals surface area contributed by atoms with Gasteiger partial charge < -0.3 is 14.8 Å². The highest BCUT2D eigenvalue weighted by Crippen LogP contribution is 2.24.